The first-order valence-electron chi connectivity index (χ1n) is 10.6. The Morgan fingerprint density at radius 1 is 1.13 bits per heavy atom. The van der Waals surface area contributed by atoms with Gasteiger partial charge in [-0.15, -0.1) is 24.0 Å². The molecule has 1 N–H and O–H groups in total. The van der Waals surface area contributed by atoms with Crippen LogP contribution in [0.15, 0.2) is 52.1 Å². The number of amides is 1. The van der Waals surface area contributed by atoms with E-state index >= 15 is 0 Å². The average molecular weight is 540 g/mol. The van der Waals surface area contributed by atoms with Crippen LogP contribution < -0.4 is 10.1 Å². The lowest BCUT2D eigenvalue weighted by Gasteiger charge is -2.36. The van der Waals surface area contributed by atoms with E-state index in [1.54, 1.807) is 12.1 Å². The number of rotatable bonds is 7. The Morgan fingerprint density at radius 3 is 2.48 bits per heavy atom. The molecule has 31 heavy (non-hydrogen) atoms. The van der Waals surface area contributed by atoms with Crippen LogP contribution in [0.2, 0.25) is 0 Å². The normalized spacial score (nSPS) is 14.4. The summed E-state index contributed by atoms with van der Waals surface area (Å²) < 4.78 is 11.2. The van der Waals surface area contributed by atoms with Crippen molar-refractivity contribution in [2.24, 2.45) is 10.9 Å². The number of halogens is 1. The van der Waals surface area contributed by atoms with E-state index in [0.717, 1.165) is 36.9 Å². The van der Waals surface area contributed by atoms with Gasteiger partial charge in [0.2, 0.25) is 0 Å². The molecule has 2 aromatic rings. The molecule has 1 aromatic carbocycles. The number of piperazine rings is 1. The molecule has 1 fully saturated rings. The van der Waals surface area contributed by atoms with Crippen molar-refractivity contribution in [3.63, 3.8) is 0 Å². The van der Waals surface area contributed by atoms with Gasteiger partial charge in [0.25, 0.3) is 5.91 Å². The molecule has 0 bridgehead atoms. The van der Waals surface area contributed by atoms with Gasteiger partial charge in [0.05, 0.1) is 19.4 Å². The molecule has 0 radical (unpaired) electrons. The van der Waals surface area contributed by atoms with Crippen LogP contribution in [0.5, 0.6) is 5.75 Å². The third kappa shape index (κ3) is 7.15. The van der Waals surface area contributed by atoms with Gasteiger partial charge >= 0.3 is 0 Å². The Labute approximate surface area is 201 Å². The Bertz CT molecular complexity index is 831. The number of carbonyl (C=O) groups is 1. The zero-order valence-corrected chi connectivity index (χ0v) is 20.9. The number of hydrogen-bond acceptors (Lipinski definition) is 4. The fourth-order valence-corrected chi connectivity index (χ4v) is 3.30. The quantitative estimate of drug-likeness (QED) is 0.328. The standard InChI is InChI=1S/C23H32N4O3.HI/c1-4-24-23(25-16-19-8-5-6-9-20(19)30-17-18(2)3)27-13-11-26(12-14-27)22(28)21-10-7-15-29-21;/h5-10,15,18H,4,11-14,16-17H2,1-3H3,(H,24,25);1H. The van der Waals surface area contributed by atoms with Crippen molar-refractivity contribution < 1.29 is 13.9 Å². The molecule has 8 heteroatoms. The number of nitrogens with zero attached hydrogens (tertiary/aromatic N) is 3. The zero-order chi connectivity index (χ0) is 21.3. The summed E-state index contributed by atoms with van der Waals surface area (Å²) in [5.41, 5.74) is 1.07. The van der Waals surface area contributed by atoms with Crippen molar-refractivity contribution in [2.45, 2.75) is 27.3 Å². The number of benzene rings is 1. The van der Waals surface area contributed by atoms with E-state index in [1.165, 1.54) is 6.26 Å². The highest BCUT2D eigenvalue weighted by Gasteiger charge is 2.25. The smallest absolute Gasteiger partial charge is 0.289 e. The van der Waals surface area contributed by atoms with Crippen LogP contribution in [-0.2, 0) is 6.54 Å². The molecule has 1 aromatic heterocycles. The van der Waals surface area contributed by atoms with Crippen molar-refractivity contribution in [2.75, 3.05) is 39.3 Å². The topological polar surface area (TPSA) is 70.3 Å². The number of carbonyl (C=O) groups excluding carboxylic acids is 1. The van der Waals surface area contributed by atoms with E-state index in [2.05, 4.69) is 37.1 Å². The molecule has 2 heterocycles. The Kier molecular flexibility index (Phi) is 10.2. The van der Waals surface area contributed by atoms with Gasteiger partial charge in [0, 0.05) is 38.3 Å². The molecule has 1 aliphatic rings. The Hall–Kier alpha value is -2.23. The summed E-state index contributed by atoms with van der Waals surface area (Å²) in [6.45, 7) is 11.1. The van der Waals surface area contributed by atoms with Gasteiger partial charge in [-0.05, 0) is 31.0 Å². The summed E-state index contributed by atoms with van der Waals surface area (Å²) in [6, 6.07) is 11.5. The minimum absolute atomic E-state index is 0. The van der Waals surface area contributed by atoms with Gasteiger partial charge in [0.15, 0.2) is 11.7 Å². The third-order valence-electron chi connectivity index (χ3n) is 4.88. The summed E-state index contributed by atoms with van der Waals surface area (Å²) in [4.78, 5) is 21.3. The van der Waals surface area contributed by atoms with Crippen LogP contribution in [0.25, 0.3) is 0 Å². The first kappa shape index (κ1) is 25.0. The maximum atomic E-state index is 12.5. The molecule has 0 saturated carbocycles. The maximum absolute atomic E-state index is 12.5. The largest absolute Gasteiger partial charge is 0.493 e. The molecule has 0 aliphatic carbocycles. The van der Waals surface area contributed by atoms with Gasteiger partial charge in [-0.25, -0.2) is 4.99 Å². The Balaban J connectivity index is 0.00000341. The van der Waals surface area contributed by atoms with E-state index in [1.807, 2.05) is 23.1 Å². The summed E-state index contributed by atoms with van der Waals surface area (Å²) in [5.74, 6) is 2.56. The second-order valence-corrected chi connectivity index (χ2v) is 7.74. The first-order chi connectivity index (χ1) is 14.6. The van der Waals surface area contributed by atoms with Gasteiger partial charge in [-0.2, -0.15) is 0 Å². The number of furan rings is 1. The van der Waals surface area contributed by atoms with E-state index < -0.39 is 0 Å². The fourth-order valence-electron chi connectivity index (χ4n) is 3.30. The molecular formula is C23H33IN4O3. The van der Waals surface area contributed by atoms with Crippen LogP contribution in [0.1, 0.15) is 36.9 Å². The number of guanidine groups is 1. The van der Waals surface area contributed by atoms with Crippen LogP contribution >= 0.6 is 24.0 Å². The lowest BCUT2D eigenvalue weighted by molar-refractivity contribution is 0.0657. The van der Waals surface area contributed by atoms with E-state index in [0.29, 0.717) is 37.9 Å². The van der Waals surface area contributed by atoms with E-state index in [4.69, 9.17) is 14.1 Å². The maximum Gasteiger partial charge on any atom is 0.289 e. The van der Waals surface area contributed by atoms with Crippen molar-refractivity contribution in [3.05, 3.63) is 54.0 Å². The number of aliphatic imine (C=N–C) groups is 1. The third-order valence-corrected chi connectivity index (χ3v) is 4.88. The summed E-state index contributed by atoms with van der Waals surface area (Å²) in [7, 11) is 0. The Morgan fingerprint density at radius 2 is 1.84 bits per heavy atom. The molecule has 3 rings (SSSR count). The lowest BCUT2D eigenvalue weighted by atomic mass is 10.2. The van der Waals surface area contributed by atoms with Crippen molar-refractivity contribution in [1.82, 2.24) is 15.1 Å². The molecule has 0 atom stereocenters. The number of nitrogens with one attached hydrogen (secondary N) is 1. The van der Waals surface area contributed by atoms with Gasteiger partial charge < -0.3 is 24.3 Å². The van der Waals surface area contributed by atoms with Crippen LogP contribution in [0.4, 0.5) is 0 Å². The summed E-state index contributed by atoms with van der Waals surface area (Å²) in [6.07, 6.45) is 1.53. The number of hydrogen-bond donors (Lipinski definition) is 1. The highest BCUT2D eigenvalue weighted by molar-refractivity contribution is 14.0. The van der Waals surface area contributed by atoms with E-state index in [9.17, 15) is 4.79 Å². The highest BCUT2D eigenvalue weighted by Crippen LogP contribution is 2.20. The summed E-state index contributed by atoms with van der Waals surface area (Å²) in [5, 5.41) is 3.38. The SMILES string of the molecule is CCNC(=NCc1ccccc1OCC(C)C)N1CCN(C(=O)c2ccco2)CC1.I. The monoisotopic (exact) mass is 540 g/mol. The molecule has 170 valence electrons. The molecule has 0 spiro atoms. The second-order valence-electron chi connectivity index (χ2n) is 7.74. The van der Waals surface area contributed by atoms with E-state index in [-0.39, 0.29) is 29.9 Å². The van der Waals surface area contributed by atoms with Crippen LogP contribution in [0, 0.1) is 5.92 Å². The number of ether oxygens (including phenoxy) is 1. The van der Waals surface area contributed by atoms with Gasteiger partial charge in [-0.3, -0.25) is 4.79 Å². The summed E-state index contributed by atoms with van der Waals surface area (Å²) >= 11 is 0. The molecule has 1 amide bonds. The van der Waals surface area contributed by atoms with Crippen LogP contribution in [0.3, 0.4) is 0 Å². The molecule has 7 nitrogen and oxygen atoms in total. The predicted octanol–water partition coefficient (Wildman–Crippen LogP) is 3.86. The van der Waals surface area contributed by atoms with Crippen LogP contribution in [-0.4, -0.2) is 61.0 Å². The average Bonchev–Trinajstić information content (AvgIpc) is 3.30. The molecular weight excluding hydrogens is 507 g/mol. The number of para-hydroxylation sites is 1. The van der Waals surface area contributed by atoms with Crippen molar-refractivity contribution >= 4 is 35.8 Å². The molecule has 1 saturated heterocycles. The van der Waals surface area contributed by atoms with Crippen molar-refractivity contribution in [1.29, 1.82) is 0 Å². The predicted molar refractivity (Wildman–Crippen MR) is 133 cm³/mol. The minimum atomic E-state index is -0.0576. The highest BCUT2D eigenvalue weighted by atomic mass is 127. The van der Waals surface area contributed by atoms with Crippen molar-refractivity contribution in [3.8, 4) is 5.75 Å². The van der Waals surface area contributed by atoms with Gasteiger partial charge in [-0.1, -0.05) is 32.0 Å². The molecule has 1 aliphatic heterocycles. The lowest BCUT2D eigenvalue weighted by Crippen LogP contribution is -2.53. The fraction of sp³-hybridized carbons (Fsp3) is 0.478. The second kappa shape index (κ2) is 12.6. The molecule has 0 unspecified atom stereocenters. The first-order valence-corrected chi connectivity index (χ1v) is 10.6. The zero-order valence-electron chi connectivity index (χ0n) is 18.5. The van der Waals surface area contributed by atoms with Gasteiger partial charge in [0.1, 0.15) is 5.75 Å². The minimum Gasteiger partial charge on any atom is -0.493 e.